The van der Waals surface area contributed by atoms with Crippen molar-refractivity contribution >= 4 is 11.8 Å². The zero-order valence-corrected chi connectivity index (χ0v) is 10.7. The third-order valence-electron chi connectivity index (χ3n) is 2.16. The van der Waals surface area contributed by atoms with Gasteiger partial charge < -0.3 is 15.5 Å². The third-order valence-corrected chi connectivity index (χ3v) is 2.16. The van der Waals surface area contributed by atoms with E-state index in [0.29, 0.717) is 4.90 Å². The van der Waals surface area contributed by atoms with Gasteiger partial charge in [0, 0.05) is 20.5 Å². The molecule has 0 aliphatic carbocycles. The van der Waals surface area contributed by atoms with Crippen molar-refractivity contribution in [3.05, 3.63) is 0 Å². The molecule has 0 saturated carbocycles. The van der Waals surface area contributed by atoms with E-state index in [4.69, 9.17) is 12.2 Å². The van der Waals surface area contributed by atoms with Crippen LogP contribution in [0.1, 0.15) is 6.42 Å². The summed E-state index contributed by atoms with van der Waals surface area (Å²) in [4.78, 5) is 24.6. The highest BCUT2D eigenvalue weighted by molar-refractivity contribution is 5.87. The average Bonchev–Trinajstić information content (AvgIpc) is 2.25. The van der Waals surface area contributed by atoms with Crippen molar-refractivity contribution < 1.29 is 22.8 Å². The van der Waals surface area contributed by atoms with Crippen LogP contribution in [0.15, 0.2) is 0 Å². The van der Waals surface area contributed by atoms with Crippen LogP contribution in [0, 0.1) is 12.3 Å². The Hall–Kier alpha value is -1.75. The molecule has 1 atom stereocenters. The molecular formula is C11H16F3N3O2. The summed E-state index contributed by atoms with van der Waals surface area (Å²) in [7, 11) is 2.75. The molecule has 0 fully saturated rings. The van der Waals surface area contributed by atoms with Gasteiger partial charge >= 0.3 is 6.18 Å². The largest absolute Gasteiger partial charge is 0.406 e. The van der Waals surface area contributed by atoms with Crippen molar-refractivity contribution in [3.63, 3.8) is 0 Å². The maximum absolute atomic E-state index is 12.4. The van der Waals surface area contributed by atoms with Gasteiger partial charge in [-0.15, -0.1) is 12.3 Å². The van der Waals surface area contributed by atoms with E-state index in [1.165, 1.54) is 14.1 Å². The number of halogens is 3. The van der Waals surface area contributed by atoms with Crippen LogP contribution in [-0.2, 0) is 9.59 Å². The lowest BCUT2D eigenvalue weighted by atomic mass is 10.2. The fourth-order valence-electron chi connectivity index (χ4n) is 1.18. The normalized spacial score (nSPS) is 12.5. The molecule has 0 aliphatic heterocycles. The van der Waals surface area contributed by atoms with Gasteiger partial charge in [-0.25, -0.2) is 0 Å². The third kappa shape index (κ3) is 6.67. The summed E-state index contributed by atoms with van der Waals surface area (Å²) in [6.07, 6.45) is 0.142. The minimum absolute atomic E-state index is 0.191. The van der Waals surface area contributed by atoms with Crippen LogP contribution < -0.4 is 5.73 Å². The lowest BCUT2D eigenvalue weighted by Gasteiger charge is -2.26. The first-order chi connectivity index (χ1) is 8.58. The van der Waals surface area contributed by atoms with Crippen molar-refractivity contribution in [2.24, 2.45) is 5.73 Å². The summed E-state index contributed by atoms with van der Waals surface area (Å²) in [6.45, 7) is -2.23. The van der Waals surface area contributed by atoms with Crippen LogP contribution in [-0.4, -0.2) is 61.0 Å². The lowest BCUT2D eigenvalue weighted by molar-refractivity contribution is -0.164. The van der Waals surface area contributed by atoms with E-state index < -0.39 is 37.1 Å². The topological polar surface area (TPSA) is 66.6 Å². The van der Waals surface area contributed by atoms with E-state index in [2.05, 4.69) is 5.92 Å². The first-order valence-corrected chi connectivity index (χ1v) is 5.33. The quantitative estimate of drug-likeness (QED) is 0.710. The molecule has 0 aromatic rings. The number of hydrogen-bond acceptors (Lipinski definition) is 3. The second kappa shape index (κ2) is 6.99. The molecule has 1 unspecified atom stereocenters. The number of nitrogens with two attached hydrogens (primary N) is 1. The van der Waals surface area contributed by atoms with Gasteiger partial charge in [0.2, 0.25) is 11.8 Å². The number of carbonyl (C=O) groups excluding carboxylic acids is 2. The predicted octanol–water partition coefficient (Wildman–Crippen LogP) is -0.184. The highest BCUT2D eigenvalue weighted by Gasteiger charge is 2.35. The molecule has 0 aliphatic rings. The van der Waals surface area contributed by atoms with Crippen LogP contribution >= 0.6 is 0 Å². The molecule has 0 radical (unpaired) electrons. The molecule has 0 spiro atoms. The van der Waals surface area contributed by atoms with Crippen LogP contribution in [0.3, 0.4) is 0 Å². The van der Waals surface area contributed by atoms with Gasteiger partial charge in [0.15, 0.2) is 0 Å². The number of amides is 2. The van der Waals surface area contributed by atoms with Crippen molar-refractivity contribution in [3.8, 4) is 12.3 Å². The molecule has 0 bridgehead atoms. The van der Waals surface area contributed by atoms with Gasteiger partial charge in [-0.2, -0.15) is 13.2 Å². The molecule has 108 valence electrons. The molecule has 19 heavy (non-hydrogen) atoms. The number of likely N-dealkylation sites (N-methyl/N-ethyl adjacent to an activating group) is 1. The molecule has 5 nitrogen and oxygen atoms in total. The summed E-state index contributed by atoms with van der Waals surface area (Å²) in [5.74, 6) is 0.464. The molecular weight excluding hydrogens is 263 g/mol. The number of nitrogens with zero attached hydrogens (tertiary/aromatic N) is 2. The Morgan fingerprint density at radius 2 is 1.89 bits per heavy atom. The molecule has 0 aromatic heterocycles. The first-order valence-electron chi connectivity index (χ1n) is 5.33. The Morgan fingerprint density at radius 1 is 1.37 bits per heavy atom. The zero-order valence-electron chi connectivity index (χ0n) is 10.7. The Morgan fingerprint density at radius 3 is 2.26 bits per heavy atom. The summed E-state index contributed by atoms with van der Waals surface area (Å²) in [5.41, 5.74) is 5.37. The summed E-state index contributed by atoms with van der Waals surface area (Å²) in [6, 6.07) is -1.25. The SMILES string of the molecule is C#CCC(N)C(=O)N(CC(=O)N(C)C)CC(F)(F)F. The van der Waals surface area contributed by atoms with Gasteiger partial charge in [-0.05, 0) is 0 Å². The lowest BCUT2D eigenvalue weighted by Crippen LogP contribution is -2.50. The van der Waals surface area contributed by atoms with Crippen molar-refractivity contribution in [1.29, 1.82) is 0 Å². The van der Waals surface area contributed by atoms with E-state index in [-0.39, 0.29) is 6.42 Å². The average molecular weight is 279 g/mol. The van der Waals surface area contributed by atoms with Crippen LogP contribution in [0.25, 0.3) is 0 Å². The van der Waals surface area contributed by atoms with E-state index in [9.17, 15) is 22.8 Å². The van der Waals surface area contributed by atoms with Gasteiger partial charge in [0.25, 0.3) is 0 Å². The number of rotatable bonds is 5. The summed E-state index contributed by atoms with van der Waals surface area (Å²) < 4.78 is 37.1. The second-order valence-corrected chi connectivity index (χ2v) is 4.11. The Balaban J connectivity index is 4.91. The van der Waals surface area contributed by atoms with Gasteiger partial charge in [0.1, 0.15) is 13.1 Å². The molecule has 2 amide bonds. The molecule has 0 heterocycles. The van der Waals surface area contributed by atoms with Gasteiger partial charge in [-0.3, -0.25) is 9.59 Å². The smallest absolute Gasteiger partial charge is 0.347 e. The maximum atomic E-state index is 12.4. The zero-order chi connectivity index (χ0) is 15.2. The van der Waals surface area contributed by atoms with Crippen molar-refractivity contribution in [1.82, 2.24) is 9.80 Å². The number of alkyl halides is 3. The van der Waals surface area contributed by atoms with Crippen LogP contribution in [0.2, 0.25) is 0 Å². The summed E-state index contributed by atoms with van der Waals surface area (Å²) >= 11 is 0. The fraction of sp³-hybridized carbons (Fsp3) is 0.636. The molecule has 0 aromatic carbocycles. The Bertz CT molecular complexity index is 374. The van der Waals surface area contributed by atoms with E-state index in [0.717, 1.165) is 4.90 Å². The van der Waals surface area contributed by atoms with Crippen molar-refractivity contribution in [2.45, 2.75) is 18.6 Å². The highest BCUT2D eigenvalue weighted by atomic mass is 19.4. The maximum Gasteiger partial charge on any atom is 0.406 e. The van der Waals surface area contributed by atoms with Gasteiger partial charge in [0.05, 0.1) is 6.04 Å². The van der Waals surface area contributed by atoms with Crippen molar-refractivity contribution in [2.75, 3.05) is 27.2 Å². The van der Waals surface area contributed by atoms with Gasteiger partial charge in [-0.1, -0.05) is 0 Å². The minimum Gasteiger partial charge on any atom is -0.347 e. The highest BCUT2D eigenvalue weighted by Crippen LogP contribution is 2.17. The number of hydrogen-bond donors (Lipinski definition) is 1. The Kier molecular flexibility index (Phi) is 6.35. The molecule has 0 rings (SSSR count). The number of terminal acetylenes is 1. The Labute approximate surface area is 109 Å². The standard InChI is InChI=1S/C11H16F3N3O2/c1-4-5-8(15)10(19)17(7-11(12,13)14)6-9(18)16(2)3/h1,8H,5-7,15H2,2-3H3. The number of carbonyl (C=O) groups is 2. The fourth-order valence-corrected chi connectivity index (χ4v) is 1.18. The predicted molar refractivity (Wildman–Crippen MR) is 62.8 cm³/mol. The monoisotopic (exact) mass is 279 g/mol. The van der Waals surface area contributed by atoms with E-state index in [1.807, 2.05) is 0 Å². The molecule has 8 heteroatoms. The second-order valence-electron chi connectivity index (χ2n) is 4.11. The molecule has 2 N–H and O–H groups in total. The summed E-state index contributed by atoms with van der Waals surface area (Å²) in [5, 5.41) is 0. The first kappa shape index (κ1) is 17.2. The van der Waals surface area contributed by atoms with E-state index in [1.54, 1.807) is 0 Å². The van der Waals surface area contributed by atoms with E-state index >= 15 is 0 Å². The van der Waals surface area contributed by atoms with Crippen LogP contribution in [0.5, 0.6) is 0 Å². The van der Waals surface area contributed by atoms with Crippen LogP contribution in [0.4, 0.5) is 13.2 Å². The molecule has 0 saturated heterocycles. The minimum atomic E-state index is -4.61.